The topological polar surface area (TPSA) is 86.1 Å². The zero-order valence-electron chi connectivity index (χ0n) is 21.9. The van der Waals surface area contributed by atoms with Crippen LogP contribution in [-0.4, -0.2) is 67.8 Å². The number of imidazole rings is 1. The van der Waals surface area contributed by atoms with E-state index in [2.05, 4.69) is 9.88 Å². The van der Waals surface area contributed by atoms with E-state index in [9.17, 15) is 8.42 Å². The van der Waals surface area contributed by atoms with E-state index < -0.39 is 15.8 Å². The number of hydrogen-bond acceptors (Lipinski definition) is 8. The maximum atomic E-state index is 12.8. The van der Waals surface area contributed by atoms with Crippen molar-refractivity contribution in [3.8, 4) is 5.75 Å². The summed E-state index contributed by atoms with van der Waals surface area (Å²) in [6, 6.07) is 16.5. The molecule has 13 heteroatoms. The average Bonchev–Trinajstić information content (AvgIpc) is 3.76. The molecule has 4 aromatic rings. The zero-order chi connectivity index (χ0) is 28.5. The number of halogens is 2. The normalized spacial score (nSPS) is 21.8. The van der Waals surface area contributed by atoms with Gasteiger partial charge >= 0.3 is 0 Å². The second-order valence-electron chi connectivity index (χ2n) is 9.79. The van der Waals surface area contributed by atoms with Gasteiger partial charge in [-0.3, -0.25) is 0 Å². The van der Waals surface area contributed by atoms with Crippen LogP contribution in [0.5, 0.6) is 5.75 Å². The predicted octanol–water partition coefficient (Wildman–Crippen LogP) is 5.11. The van der Waals surface area contributed by atoms with Gasteiger partial charge in [0.15, 0.2) is 0 Å². The SMILES string of the molecule is O=S(=O)(c1cccs1)N1CCN(c2ccc(OCC3COC(Cn4ccnc4)(c4ccc(Cl)cc4Cl)O3)cc2)CC1. The van der Waals surface area contributed by atoms with Crippen molar-refractivity contribution in [1.82, 2.24) is 13.9 Å². The average molecular weight is 636 g/mol. The summed E-state index contributed by atoms with van der Waals surface area (Å²) in [5.74, 6) is -0.410. The van der Waals surface area contributed by atoms with Crippen molar-refractivity contribution >= 4 is 50.2 Å². The molecule has 4 heterocycles. The molecule has 6 rings (SSSR count). The number of nitrogens with zero attached hydrogens (tertiary/aromatic N) is 4. The first-order valence-corrected chi connectivity index (χ1v) is 16.1. The van der Waals surface area contributed by atoms with Gasteiger partial charge in [0, 0.05) is 54.8 Å². The Labute approximate surface area is 252 Å². The molecule has 0 saturated carbocycles. The molecule has 2 unspecified atom stereocenters. The van der Waals surface area contributed by atoms with Crippen molar-refractivity contribution in [2.24, 2.45) is 0 Å². The highest BCUT2D eigenvalue weighted by Crippen LogP contribution is 2.40. The third kappa shape index (κ3) is 6.12. The molecule has 0 radical (unpaired) electrons. The van der Waals surface area contributed by atoms with Gasteiger partial charge < -0.3 is 23.7 Å². The zero-order valence-corrected chi connectivity index (χ0v) is 25.1. The van der Waals surface area contributed by atoms with Gasteiger partial charge in [0.2, 0.25) is 5.79 Å². The molecule has 2 atom stereocenters. The molecule has 2 saturated heterocycles. The maximum Gasteiger partial charge on any atom is 0.252 e. The van der Waals surface area contributed by atoms with E-state index in [1.54, 1.807) is 46.5 Å². The second kappa shape index (κ2) is 11.9. The molecule has 2 aromatic carbocycles. The largest absolute Gasteiger partial charge is 0.491 e. The van der Waals surface area contributed by atoms with Crippen LogP contribution in [0.3, 0.4) is 0 Å². The molecular formula is C28H28Cl2N4O5S2. The molecular weight excluding hydrogens is 607 g/mol. The molecule has 2 aliphatic rings. The van der Waals surface area contributed by atoms with E-state index in [1.165, 1.54) is 11.3 Å². The van der Waals surface area contributed by atoms with E-state index in [4.69, 9.17) is 37.4 Å². The lowest BCUT2D eigenvalue weighted by atomic mass is 10.1. The minimum Gasteiger partial charge on any atom is -0.491 e. The van der Waals surface area contributed by atoms with Crippen LogP contribution in [0, 0.1) is 0 Å². The quantitative estimate of drug-likeness (QED) is 0.253. The van der Waals surface area contributed by atoms with Gasteiger partial charge in [-0.15, -0.1) is 11.3 Å². The van der Waals surface area contributed by atoms with E-state index in [0.717, 1.165) is 5.69 Å². The van der Waals surface area contributed by atoms with Crippen LogP contribution in [0.25, 0.3) is 0 Å². The smallest absolute Gasteiger partial charge is 0.252 e. The Hall–Kier alpha value is -2.64. The standard InChI is InChI=1S/C28H28Cl2N4O5S2/c29-21-3-8-25(26(30)16-21)28(19-32-10-9-31-20-32)38-18-24(39-28)17-37-23-6-4-22(5-7-23)33-11-13-34(14-12-33)41(35,36)27-2-1-15-40-27/h1-10,15-16,20,24H,11-14,17-19H2. The van der Waals surface area contributed by atoms with Crippen molar-refractivity contribution in [2.45, 2.75) is 22.6 Å². The summed E-state index contributed by atoms with van der Waals surface area (Å²) in [6.07, 6.45) is 4.91. The van der Waals surface area contributed by atoms with E-state index in [0.29, 0.717) is 64.9 Å². The fraction of sp³-hybridized carbons (Fsp3) is 0.321. The molecule has 2 aromatic heterocycles. The van der Waals surface area contributed by atoms with Crippen LogP contribution in [0.2, 0.25) is 10.0 Å². The van der Waals surface area contributed by atoms with Crippen molar-refractivity contribution < 1.29 is 22.6 Å². The molecule has 0 N–H and O–H groups in total. The number of anilines is 1. The second-order valence-corrected chi connectivity index (χ2v) is 13.7. The number of aromatic nitrogens is 2. The summed E-state index contributed by atoms with van der Waals surface area (Å²) < 4.78 is 48.2. The molecule has 216 valence electrons. The van der Waals surface area contributed by atoms with Crippen molar-refractivity contribution in [1.29, 1.82) is 0 Å². The van der Waals surface area contributed by atoms with Crippen LogP contribution < -0.4 is 9.64 Å². The van der Waals surface area contributed by atoms with Crippen molar-refractivity contribution in [3.63, 3.8) is 0 Å². The first-order chi connectivity index (χ1) is 19.8. The van der Waals surface area contributed by atoms with Crippen LogP contribution >= 0.6 is 34.5 Å². The van der Waals surface area contributed by atoms with E-state index in [1.807, 2.05) is 41.1 Å². The van der Waals surface area contributed by atoms with E-state index in [-0.39, 0.29) is 12.7 Å². The first kappa shape index (κ1) is 28.5. The Morgan fingerprint density at radius 2 is 1.88 bits per heavy atom. The third-order valence-corrected chi connectivity index (χ3v) is 10.9. The highest BCUT2D eigenvalue weighted by Gasteiger charge is 2.45. The van der Waals surface area contributed by atoms with Crippen molar-refractivity contribution in [2.75, 3.05) is 44.3 Å². The Morgan fingerprint density at radius 1 is 1.07 bits per heavy atom. The Balaban J connectivity index is 1.06. The number of sulfonamides is 1. The van der Waals surface area contributed by atoms with Crippen molar-refractivity contribution in [3.05, 3.63) is 94.3 Å². The van der Waals surface area contributed by atoms with Gasteiger partial charge in [0.1, 0.15) is 22.7 Å². The van der Waals surface area contributed by atoms with Gasteiger partial charge in [0.25, 0.3) is 10.0 Å². The monoisotopic (exact) mass is 634 g/mol. The highest BCUT2D eigenvalue weighted by molar-refractivity contribution is 7.91. The number of hydrogen-bond donors (Lipinski definition) is 0. The minimum absolute atomic E-state index is 0.287. The van der Waals surface area contributed by atoms with Gasteiger partial charge in [0.05, 0.1) is 24.5 Å². The summed E-state index contributed by atoms with van der Waals surface area (Å²) in [7, 11) is -3.43. The van der Waals surface area contributed by atoms with Crippen LogP contribution in [0.4, 0.5) is 5.69 Å². The predicted molar refractivity (Wildman–Crippen MR) is 158 cm³/mol. The molecule has 41 heavy (non-hydrogen) atoms. The minimum atomic E-state index is -3.43. The summed E-state index contributed by atoms with van der Waals surface area (Å²) >= 11 is 13.9. The number of piperazine rings is 1. The fourth-order valence-electron chi connectivity index (χ4n) is 5.04. The molecule has 0 amide bonds. The van der Waals surface area contributed by atoms with Crippen LogP contribution in [0.15, 0.2) is 82.9 Å². The maximum absolute atomic E-state index is 12.8. The number of rotatable bonds is 9. The van der Waals surface area contributed by atoms with Crippen LogP contribution in [0.1, 0.15) is 5.56 Å². The fourth-order valence-corrected chi connectivity index (χ4v) is 8.16. The summed E-state index contributed by atoms with van der Waals surface area (Å²) in [5.41, 5.74) is 1.70. The first-order valence-electron chi connectivity index (χ1n) is 13.1. The summed E-state index contributed by atoms with van der Waals surface area (Å²) in [6.45, 7) is 3.09. The number of ether oxygens (including phenoxy) is 3. The Morgan fingerprint density at radius 3 is 2.56 bits per heavy atom. The lowest BCUT2D eigenvalue weighted by molar-refractivity contribution is -0.189. The number of benzene rings is 2. The van der Waals surface area contributed by atoms with Gasteiger partial charge in [-0.05, 0) is 47.8 Å². The molecule has 2 fully saturated rings. The van der Waals surface area contributed by atoms with Crippen LogP contribution in [-0.2, 0) is 31.8 Å². The Bertz CT molecular complexity index is 1560. The van der Waals surface area contributed by atoms with E-state index >= 15 is 0 Å². The van der Waals surface area contributed by atoms with Gasteiger partial charge in [-0.1, -0.05) is 35.3 Å². The lowest BCUT2D eigenvalue weighted by Crippen LogP contribution is -2.48. The lowest BCUT2D eigenvalue weighted by Gasteiger charge is -2.35. The third-order valence-electron chi connectivity index (χ3n) is 7.12. The summed E-state index contributed by atoms with van der Waals surface area (Å²) in [4.78, 5) is 6.31. The molecule has 2 aliphatic heterocycles. The highest BCUT2D eigenvalue weighted by atomic mass is 35.5. The molecule has 0 bridgehead atoms. The molecule has 9 nitrogen and oxygen atoms in total. The Kier molecular flexibility index (Phi) is 8.28. The molecule has 0 spiro atoms. The molecule has 0 aliphatic carbocycles. The summed E-state index contributed by atoms with van der Waals surface area (Å²) in [5, 5.41) is 2.77. The van der Waals surface area contributed by atoms with Gasteiger partial charge in [-0.2, -0.15) is 4.31 Å². The number of thiophene rings is 1. The van der Waals surface area contributed by atoms with Gasteiger partial charge in [-0.25, -0.2) is 13.4 Å².